The van der Waals surface area contributed by atoms with E-state index in [9.17, 15) is 9.18 Å². The van der Waals surface area contributed by atoms with Gasteiger partial charge in [0.05, 0.1) is 24.5 Å². The normalized spacial score (nSPS) is 17.8. The number of nitrogens with zero attached hydrogens (tertiary/aromatic N) is 3. The zero-order valence-electron chi connectivity index (χ0n) is 15.2. The van der Waals surface area contributed by atoms with Crippen LogP contribution in [0.3, 0.4) is 0 Å². The molecule has 1 saturated heterocycles. The van der Waals surface area contributed by atoms with Crippen LogP contribution in [0.1, 0.15) is 43.0 Å². The fraction of sp³-hybridized carbons (Fsp3) is 0.474. The summed E-state index contributed by atoms with van der Waals surface area (Å²) in [7, 11) is 1.95. The van der Waals surface area contributed by atoms with Gasteiger partial charge in [-0.2, -0.15) is 0 Å². The number of hydrogen-bond donors (Lipinski definition) is 1. The molecule has 1 aromatic carbocycles. The molecule has 1 N–H and O–H groups in total. The first kappa shape index (κ1) is 18.8. The van der Waals surface area contributed by atoms with Crippen LogP contribution in [0.15, 0.2) is 35.6 Å². The van der Waals surface area contributed by atoms with Crippen molar-refractivity contribution in [2.75, 3.05) is 12.8 Å². The lowest BCUT2D eigenvalue weighted by atomic mass is 10.0. The summed E-state index contributed by atoms with van der Waals surface area (Å²) >= 11 is 1.57. The molecule has 0 aliphatic carbocycles. The maximum atomic E-state index is 13.7. The van der Waals surface area contributed by atoms with Crippen LogP contribution in [0.5, 0.6) is 0 Å². The van der Waals surface area contributed by atoms with E-state index in [-0.39, 0.29) is 17.9 Å². The van der Waals surface area contributed by atoms with Gasteiger partial charge in [0.15, 0.2) is 5.16 Å². The molecule has 2 heterocycles. The van der Waals surface area contributed by atoms with Crippen LogP contribution in [-0.2, 0) is 13.6 Å². The fourth-order valence-electron chi connectivity index (χ4n) is 3.46. The molecule has 0 spiro atoms. The van der Waals surface area contributed by atoms with E-state index in [1.54, 1.807) is 30.1 Å². The average molecular weight is 377 g/mol. The number of nitrogens with one attached hydrogen (secondary N) is 1. The Morgan fingerprint density at radius 1 is 1.38 bits per heavy atom. The van der Waals surface area contributed by atoms with Gasteiger partial charge in [0.1, 0.15) is 5.82 Å². The average Bonchev–Trinajstić information content (AvgIpc) is 2.84. The second-order valence-electron chi connectivity index (χ2n) is 6.57. The van der Waals surface area contributed by atoms with Crippen molar-refractivity contribution in [2.45, 2.75) is 43.4 Å². The van der Waals surface area contributed by atoms with Gasteiger partial charge in [-0.25, -0.2) is 14.2 Å². The van der Waals surface area contributed by atoms with Crippen LogP contribution >= 0.6 is 11.8 Å². The molecule has 1 fully saturated rings. The maximum absolute atomic E-state index is 13.7. The van der Waals surface area contributed by atoms with E-state index in [1.807, 2.05) is 28.8 Å². The number of benzene rings is 1. The summed E-state index contributed by atoms with van der Waals surface area (Å²) < 4.78 is 15.7. The molecule has 26 heavy (non-hydrogen) atoms. The van der Waals surface area contributed by atoms with Gasteiger partial charge in [0.25, 0.3) is 0 Å². The Morgan fingerprint density at radius 3 is 2.96 bits per heavy atom. The number of carbonyl (C=O) groups is 1. The third kappa shape index (κ3) is 4.20. The van der Waals surface area contributed by atoms with E-state index in [1.165, 1.54) is 6.07 Å². The molecule has 7 heteroatoms. The lowest BCUT2D eigenvalue weighted by Crippen LogP contribution is -2.42. The molecular weight excluding hydrogens is 351 g/mol. The summed E-state index contributed by atoms with van der Waals surface area (Å²) in [5.41, 5.74) is 1.83. The highest BCUT2D eigenvalue weighted by atomic mass is 32.2. The number of halogens is 1. The van der Waals surface area contributed by atoms with Crippen LogP contribution in [0.25, 0.3) is 0 Å². The minimum absolute atomic E-state index is 0.0819. The summed E-state index contributed by atoms with van der Waals surface area (Å²) in [6.45, 7) is 1.11. The lowest BCUT2D eigenvalue weighted by molar-refractivity contribution is 0.175. The molecule has 2 amide bonds. The summed E-state index contributed by atoms with van der Waals surface area (Å²) in [5, 5.41) is 3.93. The Bertz CT molecular complexity index is 764. The first-order valence-electron chi connectivity index (χ1n) is 8.94. The minimum Gasteiger partial charge on any atom is -0.332 e. The van der Waals surface area contributed by atoms with Gasteiger partial charge in [-0.1, -0.05) is 36.7 Å². The molecule has 2 aromatic rings. The van der Waals surface area contributed by atoms with Crippen LogP contribution in [0, 0.1) is 5.82 Å². The standard InChI is InChI=1S/C19H25FN4OS/c1-23-16(13-22-19(23)26-2)12-21-18(25)24-10-5-3-4-9-17(24)14-7-6-8-15(20)11-14/h6-8,11,13,17H,3-5,9-10,12H2,1-2H3,(H,21,25). The number of carbonyl (C=O) groups excluding carboxylic acids is 1. The number of amides is 2. The molecule has 0 bridgehead atoms. The molecule has 5 nitrogen and oxygen atoms in total. The van der Waals surface area contributed by atoms with Crippen molar-refractivity contribution in [2.24, 2.45) is 7.05 Å². The number of thioether (sulfide) groups is 1. The summed E-state index contributed by atoms with van der Waals surface area (Å²) in [6.07, 6.45) is 7.74. The Hall–Kier alpha value is -2.02. The number of aromatic nitrogens is 2. The number of hydrogen-bond acceptors (Lipinski definition) is 3. The zero-order valence-corrected chi connectivity index (χ0v) is 16.1. The van der Waals surface area contributed by atoms with Crippen molar-refractivity contribution in [1.82, 2.24) is 19.8 Å². The Labute approximate surface area is 158 Å². The molecule has 0 radical (unpaired) electrons. The van der Waals surface area contributed by atoms with Crippen molar-refractivity contribution in [3.05, 3.63) is 47.5 Å². The van der Waals surface area contributed by atoms with Crippen molar-refractivity contribution in [3.63, 3.8) is 0 Å². The Balaban J connectivity index is 1.73. The fourth-order valence-corrected chi connectivity index (χ4v) is 4.01. The third-order valence-electron chi connectivity index (χ3n) is 4.89. The molecule has 3 rings (SSSR count). The SMILES string of the molecule is CSc1ncc(CNC(=O)N2CCCCCC2c2cccc(F)c2)n1C. The Kier molecular flexibility index (Phi) is 6.19. The summed E-state index contributed by atoms with van der Waals surface area (Å²) in [6, 6.07) is 6.42. The smallest absolute Gasteiger partial charge is 0.318 e. The predicted octanol–water partition coefficient (Wildman–Crippen LogP) is 4.11. The highest BCUT2D eigenvalue weighted by Crippen LogP contribution is 2.30. The first-order chi connectivity index (χ1) is 12.6. The quantitative estimate of drug-likeness (QED) is 0.817. The van der Waals surface area contributed by atoms with Gasteiger partial charge in [0.2, 0.25) is 0 Å². The van der Waals surface area contributed by atoms with Gasteiger partial charge in [-0.05, 0) is 36.8 Å². The molecule has 1 aliphatic heterocycles. The van der Waals surface area contributed by atoms with Gasteiger partial charge in [-0.3, -0.25) is 0 Å². The van der Waals surface area contributed by atoms with Crippen molar-refractivity contribution < 1.29 is 9.18 Å². The summed E-state index contributed by atoms with van der Waals surface area (Å²) in [5.74, 6) is -0.258. The van der Waals surface area contributed by atoms with Gasteiger partial charge < -0.3 is 14.8 Å². The van der Waals surface area contributed by atoms with E-state index in [2.05, 4.69) is 10.3 Å². The Morgan fingerprint density at radius 2 is 2.23 bits per heavy atom. The summed E-state index contributed by atoms with van der Waals surface area (Å²) in [4.78, 5) is 19.1. The number of imidazole rings is 1. The topological polar surface area (TPSA) is 50.2 Å². The van der Waals surface area contributed by atoms with Crippen LogP contribution in [0.4, 0.5) is 9.18 Å². The van der Waals surface area contributed by atoms with Crippen molar-refractivity contribution in [3.8, 4) is 0 Å². The monoisotopic (exact) mass is 376 g/mol. The highest BCUT2D eigenvalue weighted by molar-refractivity contribution is 7.98. The first-order valence-corrected chi connectivity index (χ1v) is 10.2. The molecular formula is C19H25FN4OS. The largest absolute Gasteiger partial charge is 0.332 e. The number of likely N-dealkylation sites (tertiary alicyclic amines) is 1. The van der Waals surface area contributed by atoms with Gasteiger partial charge in [-0.15, -0.1) is 0 Å². The predicted molar refractivity (Wildman–Crippen MR) is 102 cm³/mol. The van der Waals surface area contributed by atoms with Crippen LogP contribution in [0.2, 0.25) is 0 Å². The zero-order chi connectivity index (χ0) is 18.5. The second kappa shape index (κ2) is 8.58. The second-order valence-corrected chi connectivity index (χ2v) is 7.34. The van der Waals surface area contributed by atoms with E-state index in [0.29, 0.717) is 13.1 Å². The molecule has 0 saturated carbocycles. The number of rotatable bonds is 4. The van der Waals surface area contributed by atoms with Gasteiger partial charge >= 0.3 is 6.03 Å². The van der Waals surface area contributed by atoms with Crippen molar-refractivity contribution >= 4 is 17.8 Å². The number of urea groups is 1. The molecule has 1 aromatic heterocycles. The van der Waals surface area contributed by atoms with E-state index in [0.717, 1.165) is 42.1 Å². The van der Waals surface area contributed by atoms with Crippen LogP contribution < -0.4 is 5.32 Å². The molecule has 140 valence electrons. The molecule has 1 unspecified atom stereocenters. The van der Waals surface area contributed by atoms with Crippen molar-refractivity contribution in [1.29, 1.82) is 0 Å². The van der Waals surface area contributed by atoms with E-state index in [4.69, 9.17) is 0 Å². The van der Waals surface area contributed by atoms with E-state index < -0.39 is 0 Å². The van der Waals surface area contributed by atoms with E-state index >= 15 is 0 Å². The third-order valence-corrected chi connectivity index (χ3v) is 5.64. The minimum atomic E-state index is -0.258. The van der Waals surface area contributed by atoms with Crippen LogP contribution in [-0.4, -0.2) is 33.3 Å². The maximum Gasteiger partial charge on any atom is 0.318 e. The van der Waals surface area contributed by atoms with Gasteiger partial charge in [0, 0.05) is 13.6 Å². The highest BCUT2D eigenvalue weighted by Gasteiger charge is 2.27. The lowest BCUT2D eigenvalue weighted by Gasteiger charge is -2.30. The molecule has 1 aliphatic rings. The molecule has 1 atom stereocenters.